The predicted octanol–water partition coefficient (Wildman–Crippen LogP) is 3.49. The maximum absolute atomic E-state index is 13.3. The van der Waals surface area contributed by atoms with Gasteiger partial charge in [-0.2, -0.15) is 11.8 Å². The number of carboxylic acid groups (broad SMARTS) is 1. The van der Waals surface area contributed by atoms with E-state index in [1.54, 1.807) is 17.8 Å². The minimum absolute atomic E-state index is 0.0517. The lowest BCUT2D eigenvalue weighted by molar-refractivity contribution is -0.133. The van der Waals surface area contributed by atoms with Gasteiger partial charge in [-0.05, 0) is 24.8 Å². The van der Waals surface area contributed by atoms with Crippen molar-refractivity contribution in [1.82, 2.24) is 9.55 Å². The van der Waals surface area contributed by atoms with Gasteiger partial charge in [0.1, 0.15) is 5.82 Å². The van der Waals surface area contributed by atoms with E-state index in [9.17, 15) is 9.18 Å². The number of hydrogen-bond donors (Lipinski definition) is 1. The molecule has 1 atom stereocenters. The molecular weight excluding hydrogens is 311 g/mol. The number of benzene rings is 1. The highest BCUT2D eigenvalue weighted by Crippen LogP contribution is 2.26. The standard InChI is InChI=1S/C14H17FN2O2S2/c1-9(20-2)5-6-17-12-4-3-10(15)7-11(12)16-14(17)21-8-13(18)19/h3-4,7,9H,5-6,8H2,1-2H3,(H,18,19). The van der Waals surface area contributed by atoms with E-state index in [4.69, 9.17) is 5.11 Å². The molecule has 0 saturated carbocycles. The molecule has 0 amide bonds. The third-order valence-corrected chi connectivity index (χ3v) is 5.16. The zero-order valence-electron chi connectivity index (χ0n) is 11.9. The summed E-state index contributed by atoms with van der Waals surface area (Å²) in [6.45, 7) is 2.89. The van der Waals surface area contributed by atoms with E-state index in [2.05, 4.69) is 18.2 Å². The molecule has 1 aromatic heterocycles. The third-order valence-electron chi connectivity index (χ3n) is 3.16. The molecule has 0 aliphatic rings. The van der Waals surface area contributed by atoms with Crippen LogP contribution in [0.4, 0.5) is 4.39 Å². The zero-order chi connectivity index (χ0) is 15.4. The molecule has 21 heavy (non-hydrogen) atoms. The molecule has 0 bridgehead atoms. The first-order valence-electron chi connectivity index (χ1n) is 6.54. The summed E-state index contributed by atoms with van der Waals surface area (Å²) in [4.78, 5) is 15.1. The average molecular weight is 328 g/mol. The minimum Gasteiger partial charge on any atom is -0.481 e. The maximum atomic E-state index is 13.3. The van der Waals surface area contributed by atoms with Gasteiger partial charge in [0.05, 0.1) is 16.8 Å². The number of halogens is 1. The Morgan fingerprint density at radius 1 is 1.52 bits per heavy atom. The molecule has 0 aliphatic heterocycles. The summed E-state index contributed by atoms with van der Waals surface area (Å²) in [5.74, 6) is -1.27. The number of carboxylic acids is 1. The Balaban J connectivity index is 2.32. The summed E-state index contributed by atoms with van der Waals surface area (Å²) in [5.41, 5.74) is 1.41. The van der Waals surface area contributed by atoms with Crippen molar-refractivity contribution in [2.24, 2.45) is 0 Å². The fourth-order valence-corrected chi connectivity index (χ4v) is 3.06. The molecule has 4 nitrogen and oxygen atoms in total. The third kappa shape index (κ3) is 4.14. The van der Waals surface area contributed by atoms with Crippen LogP contribution >= 0.6 is 23.5 Å². The van der Waals surface area contributed by atoms with Gasteiger partial charge < -0.3 is 9.67 Å². The van der Waals surface area contributed by atoms with Crippen LogP contribution in [0.3, 0.4) is 0 Å². The molecule has 7 heteroatoms. The highest BCUT2D eigenvalue weighted by molar-refractivity contribution is 7.99. The summed E-state index contributed by atoms with van der Waals surface area (Å²) in [5, 5.41) is 9.95. The van der Waals surface area contributed by atoms with Gasteiger partial charge in [0.2, 0.25) is 0 Å². The molecule has 1 N–H and O–H groups in total. The number of nitrogens with zero attached hydrogens (tertiary/aromatic N) is 2. The summed E-state index contributed by atoms with van der Waals surface area (Å²) in [6, 6.07) is 4.49. The summed E-state index contributed by atoms with van der Waals surface area (Å²) >= 11 is 2.95. The van der Waals surface area contributed by atoms with Gasteiger partial charge in [-0.1, -0.05) is 18.7 Å². The van der Waals surface area contributed by atoms with Crippen LogP contribution in [0.1, 0.15) is 13.3 Å². The van der Waals surface area contributed by atoms with Crippen LogP contribution in [-0.4, -0.2) is 37.9 Å². The number of fused-ring (bicyclic) bond motifs is 1. The van der Waals surface area contributed by atoms with Crippen molar-refractivity contribution < 1.29 is 14.3 Å². The van der Waals surface area contributed by atoms with E-state index < -0.39 is 5.97 Å². The van der Waals surface area contributed by atoms with Crippen LogP contribution in [0.2, 0.25) is 0 Å². The Kier molecular flexibility index (Phi) is 5.52. The Hall–Kier alpha value is -1.21. The van der Waals surface area contributed by atoms with Gasteiger partial charge in [0.25, 0.3) is 0 Å². The van der Waals surface area contributed by atoms with E-state index in [1.165, 1.54) is 23.9 Å². The molecular formula is C14H17FN2O2S2. The zero-order valence-corrected chi connectivity index (χ0v) is 13.5. The van der Waals surface area contributed by atoms with Crippen LogP contribution < -0.4 is 0 Å². The second-order valence-corrected chi connectivity index (χ2v) is 6.92. The first-order chi connectivity index (χ1) is 10.0. The Morgan fingerprint density at radius 2 is 2.29 bits per heavy atom. The number of carbonyl (C=O) groups is 1. The second-order valence-electron chi connectivity index (χ2n) is 4.70. The quantitative estimate of drug-likeness (QED) is 0.789. The Morgan fingerprint density at radius 3 is 2.95 bits per heavy atom. The largest absolute Gasteiger partial charge is 0.481 e. The predicted molar refractivity (Wildman–Crippen MR) is 85.6 cm³/mol. The lowest BCUT2D eigenvalue weighted by Crippen LogP contribution is -2.07. The van der Waals surface area contributed by atoms with Crippen LogP contribution in [0.25, 0.3) is 11.0 Å². The van der Waals surface area contributed by atoms with Crippen molar-refractivity contribution in [2.75, 3.05) is 12.0 Å². The molecule has 2 aromatic rings. The van der Waals surface area contributed by atoms with E-state index in [1.807, 2.05) is 4.57 Å². The highest BCUT2D eigenvalue weighted by Gasteiger charge is 2.14. The molecule has 0 spiro atoms. The lowest BCUT2D eigenvalue weighted by Gasteiger charge is -2.11. The number of aryl methyl sites for hydroxylation is 1. The molecule has 0 radical (unpaired) electrons. The molecule has 114 valence electrons. The van der Waals surface area contributed by atoms with Gasteiger partial charge in [0.15, 0.2) is 5.16 Å². The van der Waals surface area contributed by atoms with Gasteiger partial charge in [0, 0.05) is 17.9 Å². The molecule has 0 fully saturated rings. The maximum Gasteiger partial charge on any atom is 0.313 e. The smallest absolute Gasteiger partial charge is 0.313 e. The normalized spacial score (nSPS) is 12.7. The second kappa shape index (κ2) is 7.17. The van der Waals surface area contributed by atoms with Gasteiger partial charge in [-0.3, -0.25) is 4.79 Å². The van der Waals surface area contributed by atoms with E-state index in [0.717, 1.165) is 18.5 Å². The number of imidazole rings is 1. The van der Waals surface area contributed by atoms with E-state index in [-0.39, 0.29) is 11.6 Å². The van der Waals surface area contributed by atoms with Gasteiger partial charge in [-0.15, -0.1) is 0 Å². The van der Waals surface area contributed by atoms with E-state index in [0.29, 0.717) is 15.9 Å². The Labute approximate surface area is 131 Å². The summed E-state index contributed by atoms with van der Waals surface area (Å²) in [6.07, 6.45) is 3.01. The van der Waals surface area contributed by atoms with Crippen LogP contribution in [0.15, 0.2) is 23.4 Å². The average Bonchev–Trinajstić information content (AvgIpc) is 2.79. The fraction of sp³-hybridized carbons (Fsp3) is 0.429. The molecule has 0 aliphatic carbocycles. The van der Waals surface area contributed by atoms with Crippen molar-refractivity contribution in [3.8, 4) is 0 Å². The fourth-order valence-electron chi connectivity index (χ4n) is 1.96. The van der Waals surface area contributed by atoms with Crippen LogP contribution in [0.5, 0.6) is 0 Å². The van der Waals surface area contributed by atoms with Crippen molar-refractivity contribution >= 4 is 40.5 Å². The number of aliphatic carboxylic acids is 1. The molecule has 0 saturated heterocycles. The SMILES string of the molecule is CSC(C)CCn1c(SCC(=O)O)nc2cc(F)ccc21. The number of hydrogen-bond acceptors (Lipinski definition) is 4. The number of rotatable bonds is 7. The van der Waals surface area contributed by atoms with Crippen molar-refractivity contribution in [2.45, 2.75) is 30.3 Å². The summed E-state index contributed by atoms with van der Waals surface area (Å²) < 4.78 is 15.3. The minimum atomic E-state index is -0.887. The van der Waals surface area contributed by atoms with Crippen molar-refractivity contribution in [3.05, 3.63) is 24.0 Å². The molecule has 2 rings (SSSR count). The lowest BCUT2D eigenvalue weighted by atomic mass is 10.3. The van der Waals surface area contributed by atoms with Crippen molar-refractivity contribution in [1.29, 1.82) is 0 Å². The van der Waals surface area contributed by atoms with E-state index >= 15 is 0 Å². The Bertz CT molecular complexity index is 645. The first kappa shape index (κ1) is 16.2. The molecule has 1 aromatic carbocycles. The number of thioether (sulfide) groups is 2. The topological polar surface area (TPSA) is 55.1 Å². The number of aromatic nitrogens is 2. The van der Waals surface area contributed by atoms with Crippen molar-refractivity contribution in [3.63, 3.8) is 0 Å². The monoisotopic (exact) mass is 328 g/mol. The molecule has 1 heterocycles. The van der Waals surface area contributed by atoms with Gasteiger partial charge >= 0.3 is 5.97 Å². The van der Waals surface area contributed by atoms with Gasteiger partial charge in [-0.25, -0.2) is 9.37 Å². The van der Waals surface area contributed by atoms with Crippen LogP contribution in [0, 0.1) is 5.82 Å². The van der Waals surface area contributed by atoms with Crippen LogP contribution in [-0.2, 0) is 11.3 Å². The first-order valence-corrected chi connectivity index (χ1v) is 8.81. The molecule has 1 unspecified atom stereocenters. The summed E-state index contributed by atoms with van der Waals surface area (Å²) in [7, 11) is 0. The highest BCUT2D eigenvalue weighted by atomic mass is 32.2.